The summed E-state index contributed by atoms with van der Waals surface area (Å²) in [6, 6.07) is 12.8. The zero-order chi connectivity index (χ0) is 22.9. The molecule has 1 aliphatic heterocycles. The molecule has 0 saturated carbocycles. The monoisotopic (exact) mass is 458 g/mol. The Kier molecular flexibility index (Phi) is 5.39. The molecule has 0 radical (unpaired) electrons. The lowest BCUT2D eigenvalue weighted by atomic mass is 9.99. The molecule has 0 fully saturated rings. The Balaban J connectivity index is 1.62. The first-order valence-corrected chi connectivity index (χ1v) is 11.3. The Morgan fingerprint density at radius 2 is 2.03 bits per heavy atom. The quantitative estimate of drug-likeness (QED) is 0.452. The third kappa shape index (κ3) is 3.76. The molecule has 1 unspecified atom stereocenters. The smallest absolute Gasteiger partial charge is 0.255 e. The molecule has 166 valence electrons. The van der Waals surface area contributed by atoms with Crippen LogP contribution in [0.3, 0.4) is 0 Å². The van der Waals surface area contributed by atoms with Gasteiger partial charge in [0.1, 0.15) is 11.8 Å². The van der Waals surface area contributed by atoms with Crippen molar-refractivity contribution in [2.45, 2.75) is 19.9 Å². The Labute approximate surface area is 195 Å². The van der Waals surface area contributed by atoms with Gasteiger partial charge in [-0.15, -0.1) is 16.4 Å². The van der Waals surface area contributed by atoms with E-state index in [0.29, 0.717) is 28.8 Å². The van der Waals surface area contributed by atoms with Gasteiger partial charge in [0.05, 0.1) is 30.1 Å². The van der Waals surface area contributed by atoms with Gasteiger partial charge in [-0.2, -0.15) is 4.98 Å². The second kappa shape index (κ2) is 8.51. The minimum absolute atomic E-state index is 0.217. The summed E-state index contributed by atoms with van der Waals surface area (Å²) in [5.74, 6) is 1.56. The van der Waals surface area contributed by atoms with Crippen LogP contribution in [0, 0.1) is 6.92 Å². The molecule has 5 rings (SSSR count). The number of aromatic nitrogens is 4. The maximum atomic E-state index is 13.5. The second-order valence-electron chi connectivity index (χ2n) is 7.63. The molecule has 4 heterocycles. The highest BCUT2D eigenvalue weighted by Gasteiger charge is 2.36. The number of fused-ring (bicyclic) bond motifs is 1. The Morgan fingerprint density at radius 1 is 1.18 bits per heavy atom. The second-order valence-corrected chi connectivity index (χ2v) is 8.58. The van der Waals surface area contributed by atoms with E-state index in [4.69, 9.17) is 14.8 Å². The maximum absolute atomic E-state index is 13.5. The first-order chi connectivity index (χ1) is 16.1. The third-order valence-corrected chi connectivity index (χ3v) is 6.59. The molecule has 3 aromatic heterocycles. The van der Waals surface area contributed by atoms with Gasteiger partial charge in [0.25, 0.3) is 5.91 Å². The van der Waals surface area contributed by atoms with Gasteiger partial charge < -0.3 is 15.4 Å². The number of carbonyl (C=O) groups is 1. The number of rotatable bonds is 5. The summed E-state index contributed by atoms with van der Waals surface area (Å²) in [5.41, 5.74) is 3.80. The van der Waals surface area contributed by atoms with Crippen LogP contribution in [0.25, 0.3) is 11.4 Å². The molecule has 1 amide bonds. The van der Waals surface area contributed by atoms with E-state index in [9.17, 15) is 4.79 Å². The van der Waals surface area contributed by atoms with Crippen LogP contribution in [0.2, 0.25) is 0 Å². The van der Waals surface area contributed by atoms with Crippen molar-refractivity contribution in [2.75, 3.05) is 17.7 Å². The first kappa shape index (κ1) is 20.9. The highest BCUT2D eigenvalue weighted by atomic mass is 32.1. The van der Waals surface area contributed by atoms with Crippen LogP contribution in [0.1, 0.15) is 23.4 Å². The molecular formula is C24H22N6O2S. The number of carbonyl (C=O) groups excluding carboxylic acids is 1. The fourth-order valence-corrected chi connectivity index (χ4v) is 4.95. The number of thiophene rings is 1. The number of hydrogen-bond donors (Lipinski definition) is 2. The largest absolute Gasteiger partial charge is 0.496 e. The number of para-hydroxylation sites is 1. The summed E-state index contributed by atoms with van der Waals surface area (Å²) in [7, 11) is 1.62. The van der Waals surface area contributed by atoms with Gasteiger partial charge in [-0.1, -0.05) is 12.1 Å². The molecule has 0 spiro atoms. The molecule has 8 nitrogen and oxygen atoms in total. The normalized spacial score (nSPS) is 15.1. The van der Waals surface area contributed by atoms with Crippen molar-refractivity contribution in [3.8, 4) is 17.1 Å². The van der Waals surface area contributed by atoms with Gasteiger partial charge in [0.2, 0.25) is 5.95 Å². The van der Waals surface area contributed by atoms with Crippen LogP contribution < -0.4 is 15.4 Å². The molecule has 0 aliphatic carbocycles. The van der Waals surface area contributed by atoms with Crippen LogP contribution >= 0.6 is 11.3 Å². The summed E-state index contributed by atoms with van der Waals surface area (Å²) in [4.78, 5) is 23.3. The van der Waals surface area contributed by atoms with E-state index in [1.807, 2.05) is 55.6 Å². The first-order valence-electron chi connectivity index (χ1n) is 10.4. The van der Waals surface area contributed by atoms with Crippen LogP contribution in [-0.4, -0.2) is 32.8 Å². The Bertz CT molecular complexity index is 1360. The molecule has 0 saturated heterocycles. The predicted octanol–water partition coefficient (Wildman–Crippen LogP) is 4.65. The van der Waals surface area contributed by atoms with Gasteiger partial charge in [0, 0.05) is 16.8 Å². The lowest BCUT2D eigenvalue weighted by Gasteiger charge is -2.28. The summed E-state index contributed by atoms with van der Waals surface area (Å²) in [6.07, 6.45) is 3.29. The molecule has 1 aliphatic rings. The minimum atomic E-state index is -0.422. The molecule has 2 N–H and O–H groups in total. The van der Waals surface area contributed by atoms with Crippen molar-refractivity contribution in [3.05, 3.63) is 81.9 Å². The molecule has 33 heavy (non-hydrogen) atoms. The summed E-state index contributed by atoms with van der Waals surface area (Å²) >= 11 is 1.59. The fraction of sp³-hybridized carbons (Fsp3) is 0.167. The van der Waals surface area contributed by atoms with Gasteiger partial charge >= 0.3 is 0 Å². The van der Waals surface area contributed by atoms with Crippen molar-refractivity contribution < 1.29 is 9.53 Å². The van der Waals surface area contributed by atoms with E-state index >= 15 is 0 Å². The van der Waals surface area contributed by atoms with E-state index in [1.54, 1.807) is 41.6 Å². The highest BCUT2D eigenvalue weighted by Crippen LogP contribution is 2.40. The van der Waals surface area contributed by atoms with Crippen molar-refractivity contribution in [1.29, 1.82) is 0 Å². The summed E-state index contributed by atoms with van der Waals surface area (Å²) in [6.45, 7) is 3.92. The van der Waals surface area contributed by atoms with Crippen molar-refractivity contribution in [3.63, 3.8) is 0 Å². The number of hydrogen-bond acceptors (Lipinski definition) is 7. The van der Waals surface area contributed by atoms with Crippen LogP contribution in [0.4, 0.5) is 11.6 Å². The van der Waals surface area contributed by atoms with Gasteiger partial charge in [-0.05, 0) is 55.1 Å². The van der Waals surface area contributed by atoms with Crippen molar-refractivity contribution >= 4 is 28.9 Å². The number of amides is 1. The number of allylic oxidation sites excluding steroid dienone is 1. The zero-order valence-electron chi connectivity index (χ0n) is 18.4. The zero-order valence-corrected chi connectivity index (χ0v) is 19.2. The summed E-state index contributed by atoms with van der Waals surface area (Å²) < 4.78 is 7.29. The molecule has 1 aromatic carbocycles. The third-order valence-electron chi connectivity index (χ3n) is 5.51. The fourth-order valence-electron chi connectivity index (χ4n) is 3.93. The van der Waals surface area contributed by atoms with Gasteiger partial charge in [0.15, 0.2) is 5.82 Å². The summed E-state index contributed by atoms with van der Waals surface area (Å²) in [5, 5.41) is 13.1. The van der Waals surface area contributed by atoms with Crippen molar-refractivity contribution in [1.82, 2.24) is 19.7 Å². The lowest BCUT2D eigenvalue weighted by Crippen LogP contribution is -2.31. The van der Waals surface area contributed by atoms with E-state index in [0.717, 1.165) is 21.7 Å². The highest BCUT2D eigenvalue weighted by molar-refractivity contribution is 7.10. The number of anilines is 2. The number of benzene rings is 1. The molecule has 4 aromatic rings. The molecule has 0 bridgehead atoms. The average molecular weight is 459 g/mol. The van der Waals surface area contributed by atoms with E-state index < -0.39 is 6.04 Å². The van der Waals surface area contributed by atoms with Crippen LogP contribution in [0.15, 0.2) is 71.5 Å². The Morgan fingerprint density at radius 3 is 2.76 bits per heavy atom. The van der Waals surface area contributed by atoms with Gasteiger partial charge in [-0.3, -0.25) is 9.78 Å². The number of pyridine rings is 1. The number of ether oxygens (including phenoxy) is 1. The number of methoxy groups -OCH3 is 1. The van der Waals surface area contributed by atoms with E-state index in [2.05, 4.69) is 15.6 Å². The number of nitrogens with one attached hydrogen (secondary N) is 2. The minimum Gasteiger partial charge on any atom is -0.496 e. The Hall–Kier alpha value is -3.98. The maximum Gasteiger partial charge on any atom is 0.255 e. The number of nitrogens with zero attached hydrogens (tertiary/aromatic N) is 4. The van der Waals surface area contributed by atoms with Crippen molar-refractivity contribution in [2.24, 2.45) is 0 Å². The molecule has 1 atom stereocenters. The molecule has 9 heteroatoms. The SMILES string of the molecule is COc1ccccc1-c1nc2n(n1)C(c1sccc1C)C(C(=O)Nc1cccnc1)=C(C)N2. The van der Waals surface area contributed by atoms with Crippen LogP contribution in [0.5, 0.6) is 5.75 Å². The van der Waals surface area contributed by atoms with E-state index in [1.165, 1.54) is 0 Å². The molecular weight excluding hydrogens is 436 g/mol. The van der Waals surface area contributed by atoms with Crippen LogP contribution in [-0.2, 0) is 4.79 Å². The lowest BCUT2D eigenvalue weighted by molar-refractivity contribution is -0.113. The van der Waals surface area contributed by atoms with E-state index in [-0.39, 0.29) is 5.91 Å². The average Bonchev–Trinajstić information content (AvgIpc) is 3.44. The standard InChI is InChI=1S/C24H22N6O2S/c1-14-10-12-33-21(14)20-19(23(31)27-16-7-6-11-25-13-16)15(2)26-24-28-22(29-30(20)24)17-8-4-5-9-18(17)32-3/h4-13,20H,1-3H3,(H,27,31)(H,26,28,29). The van der Waals surface area contributed by atoms with Gasteiger partial charge in [-0.25, -0.2) is 4.68 Å². The predicted molar refractivity (Wildman–Crippen MR) is 128 cm³/mol. The topological polar surface area (TPSA) is 94.0 Å². The number of aryl methyl sites for hydroxylation is 1.